The zero-order valence-corrected chi connectivity index (χ0v) is 14.6. The molecule has 0 aliphatic carbocycles. The monoisotopic (exact) mass is 366 g/mol. The predicted molar refractivity (Wildman–Crippen MR) is 94.2 cm³/mol. The zero-order chi connectivity index (χ0) is 17.1. The van der Waals surface area contributed by atoms with Crippen LogP contribution in [-0.2, 0) is 4.74 Å². The molecule has 0 atom stereocenters. The molecule has 1 aromatic heterocycles. The van der Waals surface area contributed by atoms with Gasteiger partial charge in [0.15, 0.2) is 0 Å². The molecule has 0 spiro atoms. The van der Waals surface area contributed by atoms with E-state index in [0.717, 1.165) is 0 Å². The Morgan fingerprint density at radius 3 is 2.54 bits per heavy atom. The topological polar surface area (TPSA) is 67.4 Å². The summed E-state index contributed by atoms with van der Waals surface area (Å²) in [6.45, 7) is 4.45. The first-order chi connectivity index (χ1) is 11.5. The fourth-order valence-corrected chi connectivity index (χ4v) is 2.86. The number of halogens is 2. The number of ether oxygens (including phenoxy) is 1. The van der Waals surface area contributed by atoms with Crippen LogP contribution in [0.2, 0.25) is 10.0 Å². The summed E-state index contributed by atoms with van der Waals surface area (Å²) in [7, 11) is 0. The number of anilines is 2. The molecular formula is C16H16Cl2N4O2. The van der Waals surface area contributed by atoms with Gasteiger partial charge >= 0.3 is 0 Å². The number of carbonyl (C=O) groups excluding carboxylic acids is 1. The molecule has 1 amide bonds. The zero-order valence-electron chi connectivity index (χ0n) is 13.1. The van der Waals surface area contributed by atoms with Crippen LogP contribution in [0.1, 0.15) is 16.2 Å². The molecular weight excluding hydrogens is 351 g/mol. The number of hydrogen-bond acceptors (Lipinski definition) is 5. The molecule has 6 nitrogen and oxygen atoms in total. The quantitative estimate of drug-likeness (QED) is 0.903. The smallest absolute Gasteiger partial charge is 0.274 e. The summed E-state index contributed by atoms with van der Waals surface area (Å²) in [5.74, 6) is 0.138. The largest absolute Gasteiger partial charge is 0.378 e. The molecule has 126 valence electrons. The molecule has 1 saturated heterocycles. The highest BCUT2D eigenvalue weighted by atomic mass is 35.5. The van der Waals surface area contributed by atoms with Crippen LogP contribution >= 0.6 is 23.2 Å². The maximum Gasteiger partial charge on any atom is 0.274 e. The molecule has 3 rings (SSSR count). The third-order valence-corrected chi connectivity index (χ3v) is 4.20. The van der Waals surface area contributed by atoms with Gasteiger partial charge in [0.1, 0.15) is 5.69 Å². The number of aromatic nitrogens is 2. The molecule has 0 bridgehead atoms. The number of para-hydroxylation sites is 1. The van der Waals surface area contributed by atoms with Gasteiger partial charge in [0, 0.05) is 18.8 Å². The lowest BCUT2D eigenvalue weighted by molar-refractivity contribution is 0.102. The minimum Gasteiger partial charge on any atom is -0.378 e. The van der Waals surface area contributed by atoms with Crippen molar-refractivity contribution in [3.63, 3.8) is 0 Å². The summed E-state index contributed by atoms with van der Waals surface area (Å²) in [6.07, 6.45) is 0. The van der Waals surface area contributed by atoms with Crippen molar-refractivity contribution in [1.29, 1.82) is 0 Å². The van der Waals surface area contributed by atoms with Gasteiger partial charge in [0.25, 0.3) is 5.91 Å². The number of hydrogen-bond donors (Lipinski definition) is 1. The van der Waals surface area contributed by atoms with Gasteiger partial charge in [-0.15, -0.1) is 0 Å². The molecule has 2 heterocycles. The lowest BCUT2D eigenvalue weighted by Crippen LogP contribution is -2.37. The van der Waals surface area contributed by atoms with E-state index in [-0.39, 0.29) is 11.6 Å². The molecule has 1 aliphatic heterocycles. The van der Waals surface area contributed by atoms with Crippen molar-refractivity contribution < 1.29 is 9.53 Å². The fraction of sp³-hybridized carbons (Fsp3) is 0.312. The third-order valence-electron chi connectivity index (χ3n) is 3.57. The van der Waals surface area contributed by atoms with Crippen LogP contribution in [0.25, 0.3) is 0 Å². The Kier molecular flexibility index (Phi) is 5.18. The van der Waals surface area contributed by atoms with Crippen molar-refractivity contribution in [2.45, 2.75) is 6.92 Å². The Morgan fingerprint density at radius 2 is 1.88 bits per heavy atom. The van der Waals surface area contributed by atoms with Crippen molar-refractivity contribution in [2.75, 3.05) is 36.5 Å². The van der Waals surface area contributed by atoms with Crippen molar-refractivity contribution in [3.05, 3.63) is 45.7 Å². The van der Waals surface area contributed by atoms with Gasteiger partial charge < -0.3 is 15.0 Å². The molecule has 0 saturated carbocycles. The Labute approximate surface area is 149 Å². The molecule has 2 aromatic rings. The van der Waals surface area contributed by atoms with Crippen LogP contribution < -0.4 is 10.2 Å². The van der Waals surface area contributed by atoms with E-state index in [2.05, 4.69) is 15.3 Å². The van der Waals surface area contributed by atoms with Crippen molar-refractivity contribution in [1.82, 2.24) is 9.97 Å². The summed E-state index contributed by atoms with van der Waals surface area (Å²) in [5.41, 5.74) is 1.34. The third kappa shape index (κ3) is 3.77. The van der Waals surface area contributed by atoms with E-state index in [9.17, 15) is 4.79 Å². The van der Waals surface area contributed by atoms with Crippen molar-refractivity contribution in [3.8, 4) is 0 Å². The number of nitrogens with one attached hydrogen (secondary N) is 1. The van der Waals surface area contributed by atoms with Gasteiger partial charge in [-0.2, -0.15) is 0 Å². The van der Waals surface area contributed by atoms with Gasteiger partial charge in [-0.1, -0.05) is 29.3 Å². The highest BCUT2D eigenvalue weighted by Crippen LogP contribution is 2.30. The Balaban J connectivity index is 1.85. The number of morpholine rings is 1. The highest BCUT2D eigenvalue weighted by molar-refractivity contribution is 6.40. The molecule has 1 N–H and O–H groups in total. The fourth-order valence-electron chi connectivity index (χ4n) is 2.37. The first kappa shape index (κ1) is 17.0. The number of rotatable bonds is 3. The highest BCUT2D eigenvalue weighted by Gasteiger charge is 2.18. The van der Waals surface area contributed by atoms with Gasteiger partial charge in [-0.3, -0.25) is 4.79 Å². The van der Waals surface area contributed by atoms with Gasteiger partial charge in [0.2, 0.25) is 5.95 Å². The minimum absolute atomic E-state index is 0.264. The minimum atomic E-state index is -0.384. The lowest BCUT2D eigenvalue weighted by Gasteiger charge is -2.27. The van der Waals surface area contributed by atoms with E-state index < -0.39 is 0 Å². The maximum atomic E-state index is 12.5. The van der Waals surface area contributed by atoms with Crippen molar-refractivity contribution in [2.24, 2.45) is 0 Å². The van der Waals surface area contributed by atoms with Crippen LogP contribution in [-0.4, -0.2) is 42.2 Å². The summed E-state index contributed by atoms with van der Waals surface area (Å²) < 4.78 is 5.33. The van der Waals surface area contributed by atoms with Crippen LogP contribution in [0.15, 0.2) is 24.3 Å². The number of amides is 1. The Morgan fingerprint density at radius 1 is 1.21 bits per heavy atom. The van der Waals surface area contributed by atoms with E-state index in [1.165, 1.54) is 0 Å². The first-order valence-corrected chi connectivity index (χ1v) is 8.24. The molecule has 0 unspecified atom stereocenters. The summed E-state index contributed by atoms with van der Waals surface area (Å²) in [5, 5.41) is 3.46. The second kappa shape index (κ2) is 7.34. The lowest BCUT2D eigenvalue weighted by atomic mass is 10.2. The summed E-state index contributed by atoms with van der Waals surface area (Å²) in [6, 6.07) is 6.66. The average Bonchev–Trinajstić information content (AvgIpc) is 2.58. The van der Waals surface area contributed by atoms with E-state index in [1.54, 1.807) is 24.3 Å². The molecule has 0 radical (unpaired) electrons. The van der Waals surface area contributed by atoms with Crippen LogP contribution in [0, 0.1) is 6.92 Å². The standard InChI is InChI=1S/C16H16Cl2N4O2/c1-10-9-13(20-16(19-10)22-5-7-24-8-6-22)15(23)21-14-11(17)3-2-4-12(14)18/h2-4,9H,5-8H2,1H3,(H,21,23). The average molecular weight is 367 g/mol. The Bertz CT molecular complexity index is 743. The van der Waals surface area contributed by atoms with E-state index in [1.807, 2.05) is 11.8 Å². The molecule has 1 fully saturated rings. The second-order valence-electron chi connectivity index (χ2n) is 5.34. The second-order valence-corrected chi connectivity index (χ2v) is 6.16. The summed E-state index contributed by atoms with van der Waals surface area (Å²) >= 11 is 12.2. The van der Waals surface area contributed by atoms with Crippen molar-refractivity contribution >= 4 is 40.7 Å². The number of carbonyl (C=O) groups is 1. The van der Waals surface area contributed by atoms with Gasteiger partial charge in [0.05, 0.1) is 28.9 Å². The molecule has 24 heavy (non-hydrogen) atoms. The van der Waals surface area contributed by atoms with Crippen LogP contribution in [0.4, 0.5) is 11.6 Å². The van der Waals surface area contributed by atoms with Crippen LogP contribution in [0.5, 0.6) is 0 Å². The normalized spacial score (nSPS) is 14.5. The van der Waals surface area contributed by atoms with Crippen LogP contribution in [0.3, 0.4) is 0 Å². The maximum absolute atomic E-state index is 12.5. The molecule has 1 aliphatic rings. The predicted octanol–water partition coefficient (Wildman–Crippen LogP) is 3.18. The Hall–Kier alpha value is -1.89. The van der Waals surface area contributed by atoms with E-state index in [4.69, 9.17) is 27.9 Å². The van der Waals surface area contributed by atoms with E-state index >= 15 is 0 Å². The summed E-state index contributed by atoms with van der Waals surface area (Å²) in [4.78, 5) is 23.3. The SMILES string of the molecule is Cc1cc(C(=O)Nc2c(Cl)cccc2Cl)nc(N2CCOCC2)n1. The van der Waals surface area contributed by atoms with Gasteiger partial charge in [-0.25, -0.2) is 9.97 Å². The number of aryl methyl sites for hydroxylation is 1. The first-order valence-electron chi connectivity index (χ1n) is 7.48. The van der Waals surface area contributed by atoms with Gasteiger partial charge in [-0.05, 0) is 25.1 Å². The van der Waals surface area contributed by atoms with E-state index in [0.29, 0.717) is 53.7 Å². The number of nitrogens with zero attached hydrogens (tertiary/aromatic N) is 3. The molecule has 1 aromatic carbocycles. The number of benzene rings is 1. The molecule has 8 heteroatoms.